The van der Waals surface area contributed by atoms with Crippen LogP contribution >= 0.6 is 0 Å². The summed E-state index contributed by atoms with van der Waals surface area (Å²) in [6, 6.07) is 9.01. The summed E-state index contributed by atoms with van der Waals surface area (Å²) >= 11 is 0. The fraction of sp³-hybridized carbons (Fsp3) is 0.188. The van der Waals surface area contributed by atoms with Crippen molar-refractivity contribution in [2.45, 2.75) is 23.6 Å². The van der Waals surface area contributed by atoms with Gasteiger partial charge in [0.05, 0.1) is 28.5 Å². The van der Waals surface area contributed by atoms with Crippen molar-refractivity contribution in [3.63, 3.8) is 0 Å². The smallest absolute Gasteiger partial charge is 0.207 e. The molecule has 0 unspecified atom stereocenters. The minimum atomic E-state index is -3.82. The number of rotatable bonds is 3. The van der Waals surface area contributed by atoms with Crippen LogP contribution in [0, 0.1) is 25.2 Å². The van der Waals surface area contributed by atoms with Gasteiger partial charge in [0.15, 0.2) is 11.5 Å². The molecule has 0 bridgehead atoms. The highest BCUT2D eigenvalue weighted by atomic mass is 32.2. The van der Waals surface area contributed by atoms with E-state index >= 15 is 0 Å². The summed E-state index contributed by atoms with van der Waals surface area (Å²) < 4.78 is 30.6. The third kappa shape index (κ3) is 2.63. The molecular formula is C16H15NO4S. The van der Waals surface area contributed by atoms with Crippen molar-refractivity contribution in [1.29, 1.82) is 5.26 Å². The molecule has 0 saturated heterocycles. The van der Waals surface area contributed by atoms with E-state index in [1.165, 1.54) is 31.4 Å². The molecular weight excluding hydrogens is 302 g/mol. The Morgan fingerprint density at radius 2 is 1.86 bits per heavy atom. The highest BCUT2D eigenvalue weighted by molar-refractivity contribution is 7.91. The number of benzene rings is 2. The minimum absolute atomic E-state index is 0.000241. The van der Waals surface area contributed by atoms with Crippen molar-refractivity contribution in [2.24, 2.45) is 0 Å². The Bertz CT molecular complexity index is 880. The van der Waals surface area contributed by atoms with Gasteiger partial charge >= 0.3 is 0 Å². The van der Waals surface area contributed by atoms with Gasteiger partial charge in [-0.1, -0.05) is 0 Å². The van der Waals surface area contributed by atoms with E-state index < -0.39 is 9.84 Å². The molecule has 2 rings (SSSR count). The highest BCUT2D eigenvalue weighted by Crippen LogP contribution is 2.33. The molecule has 6 heteroatoms. The van der Waals surface area contributed by atoms with Gasteiger partial charge in [-0.3, -0.25) is 0 Å². The maximum Gasteiger partial charge on any atom is 0.207 e. The second-order valence-electron chi connectivity index (χ2n) is 4.88. The molecule has 0 atom stereocenters. The van der Waals surface area contributed by atoms with Crippen LogP contribution in [0.5, 0.6) is 11.5 Å². The summed E-state index contributed by atoms with van der Waals surface area (Å²) in [5.41, 5.74) is 1.41. The van der Waals surface area contributed by atoms with Crippen LogP contribution in [0.15, 0.2) is 40.1 Å². The third-order valence-electron chi connectivity index (χ3n) is 3.38. The van der Waals surface area contributed by atoms with E-state index in [2.05, 4.69) is 0 Å². The fourth-order valence-corrected chi connectivity index (χ4v) is 3.79. The van der Waals surface area contributed by atoms with E-state index in [0.717, 1.165) is 0 Å². The van der Waals surface area contributed by atoms with Crippen LogP contribution in [-0.2, 0) is 9.84 Å². The van der Waals surface area contributed by atoms with E-state index in [-0.39, 0.29) is 21.3 Å². The van der Waals surface area contributed by atoms with E-state index in [4.69, 9.17) is 10.00 Å². The first kappa shape index (κ1) is 15.9. The van der Waals surface area contributed by atoms with Gasteiger partial charge < -0.3 is 9.84 Å². The number of ether oxygens (including phenoxy) is 1. The Morgan fingerprint density at radius 3 is 2.45 bits per heavy atom. The Balaban J connectivity index is 2.71. The molecule has 0 aliphatic heterocycles. The number of nitrogens with zero attached hydrogens (tertiary/aromatic N) is 1. The van der Waals surface area contributed by atoms with Crippen LogP contribution in [0.4, 0.5) is 0 Å². The molecule has 5 nitrogen and oxygen atoms in total. The zero-order valence-corrected chi connectivity index (χ0v) is 13.2. The lowest BCUT2D eigenvalue weighted by atomic mass is 10.1. The van der Waals surface area contributed by atoms with Crippen LogP contribution in [-0.4, -0.2) is 20.6 Å². The van der Waals surface area contributed by atoms with Crippen molar-refractivity contribution in [3.8, 4) is 17.6 Å². The van der Waals surface area contributed by atoms with Gasteiger partial charge in [-0.05, 0) is 49.2 Å². The SMILES string of the molecule is COc1cc(S(=O)(=O)c2cc(C)cc(C#N)c2C)ccc1O. The van der Waals surface area contributed by atoms with Crippen molar-refractivity contribution in [3.05, 3.63) is 47.0 Å². The monoisotopic (exact) mass is 317 g/mol. The number of aryl methyl sites for hydroxylation is 1. The van der Waals surface area contributed by atoms with Crippen LogP contribution in [0.2, 0.25) is 0 Å². The zero-order valence-electron chi connectivity index (χ0n) is 12.4. The minimum Gasteiger partial charge on any atom is -0.504 e. The highest BCUT2D eigenvalue weighted by Gasteiger charge is 2.23. The van der Waals surface area contributed by atoms with Gasteiger partial charge in [-0.25, -0.2) is 8.42 Å². The first-order chi connectivity index (χ1) is 10.3. The lowest BCUT2D eigenvalue weighted by Gasteiger charge is -2.12. The van der Waals surface area contributed by atoms with Crippen molar-refractivity contribution >= 4 is 9.84 Å². The number of hydrogen-bond donors (Lipinski definition) is 1. The second kappa shape index (κ2) is 5.70. The summed E-state index contributed by atoms with van der Waals surface area (Å²) in [6.45, 7) is 3.33. The molecule has 2 aromatic carbocycles. The molecule has 0 amide bonds. The lowest BCUT2D eigenvalue weighted by Crippen LogP contribution is -2.06. The summed E-state index contributed by atoms with van der Waals surface area (Å²) in [7, 11) is -2.47. The maximum atomic E-state index is 12.8. The second-order valence-corrected chi connectivity index (χ2v) is 6.80. The first-order valence-electron chi connectivity index (χ1n) is 6.44. The zero-order chi connectivity index (χ0) is 16.5. The van der Waals surface area contributed by atoms with Gasteiger partial charge in [0.2, 0.25) is 9.84 Å². The number of phenolic OH excluding ortho intramolecular Hbond substituents is 1. The average Bonchev–Trinajstić information content (AvgIpc) is 2.49. The Labute approximate surface area is 129 Å². The van der Waals surface area contributed by atoms with Crippen molar-refractivity contribution in [2.75, 3.05) is 7.11 Å². The molecule has 22 heavy (non-hydrogen) atoms. The molecule has 2 aromatic rings. The summed E-state index contributed by atoms with van der Waals surface area (Å²) in [6.07, 6.45) is 0. The van der Waals surface area contributed by atoms with E-state index in [1.54, 1.807) is 19.9 Å². The standard InChI is InChI=1S/C16H15NO4S/c1-10-6-12(9-17)11(2)16(7-10)22(19,20)13-4-5-14(18)15(8-13)21-3/h4-8,18H,1-3H3. The number of nitriles is 1. The molecule has 0 heterocycles. The predicted octanol–water partition coefficient (Wildman–Crippen LogP) is 2.72. The number of aromatic hydroxyl groups is 1. The maximum absolute atomic E-state index is 12.8. The number of hydrogen-bond acceptors (Lipinski definition) is 5. The van der Waals surface area contributed by atoms with E-state index in [1.807, 2.05) is 6.07 Å². The molecule has 0 radical (unpaired) electrons. The predicted molar refractivity (Wildman–Crippen MR) is 80.7 cm³/mol. The largest absolute Gasteiger partial charge is 0.504 e. The van der Waals surface area contributed by atoms with Crippen LogP contribution < -0.4 is 4.74 Å². The Kier molecular flexibility index (Phi) is 4.11. The number of sulfone groups is 1. The average molecular weight is 317 g/mol. The van der Waals surface area contributed by atoms with Crippen LogP contribution in [0.25, 0.3) is 0 Å². The Hall–Kier alpha value is -2.52. The molecule has 0 aliphatic carbocycles. The molecule has 0 spiro atoms. The summed E-state index contributed by atoms with van der Waals surface area (Å²) in [5, 5.41) is 18.7. The van der Waals surface area contributed by atoms with E-state index in [9.17, 15) is 13.5 Å². The fourth-order valence-electron chi connectivity index (χ4n) is 2.17. The summed E-state index contributed by atoms with van der Waals surface area (Å²) in [4.78, 5) is 0.0801. The van der Waals surface area contributed by atoms with Gasteiger partial charge in [-0.2, -0.15) is 5.26 Å². The van der Waals surface area contributed by atoms with Crippen molar-refractivity contribution < 1.29 is 18.3 Å². The molecule has 0 aromatic heterocycles. The topological polar surface area (TPSA) is 87.4 Å². The number of phenols is 1. The number of methoxy groups -OCH3 is 1. The van der Waals surface area contributed by atoms with Gasteiger partial charge in [-0.15, -0.1) is 0 Å². The Morgan fingerprint density at radius 1 is 1.18 bits per heavy atom. The normalized spacial score (nSPS) is 11.0. The quantitative estimate of drug-likeness (QED) is 0.940. The molecule has 0 saturated carbocycles. The van der Waals surface area contributed by atoms with Gasteiger partial charge in [0.1, 0.15) is 0 Å². The molecule has 1 N–H and O–H groups in total. The molecule has 0 aliphatic rings. The van der Waals surface area contributed by atoms with Crippen molar-refractivity contribution in [1.82, 2.24) is 0 Å². The van der Waals surface area contributed by atoms with Gasteiger partial charge in [0, 0.05) is 6.07 Å². The van der Waals surface area contributed by atoms with Gasteiger partial charge in [0.25, 0.3) is 0 Å². The summed E-state index contributed by atoms with van der Waals surface area (Å²) in [5.74, 6) is -0.0629. The van der Waals surface area contributed by atoms with E-state index in [0.29, 0.717) is 16.7 Å². The van der Waals surface area contributed by atoms with Crippen LogP contribution in [0.1, 0.15) is 16.7 Å². The lowest BCUT2D eigenvalue weighted by molar-refractivity contribution is 0.372. The molecule has 0 fully saturated rings. The molecule has 114 valence electrons. The van der Waals surface area contributed by atoms with Crippen LogP contribution in [0.3, 0.4) is 0 Å². The first-order valence-corrected chi connectivity index (χ1v) is 7.93. The third-order valence-corrected chi connectivity index (χ3v) is 5.25.